The van der Waals surface area contributed by atoms with E-state index in [0.717, 1.165) is 22.3 Å². The van der Waals surface area contributed by atoms with Crippen LogP contribution in [0.5, 0.6) is 5.75 Å². The molecule has 3 rings (SSSR count). The maximum Gasteiger partial charge on any atom is 0.308 e. The van der Waals surface area contributed by atoms with Crippen LogP contribution < -0.4 is 4.74 Å². The van der Waals surface area contributed by atoms with Crippen molar-refractivity contribution in [3.8, 4) is 5.75 Å². The number of carbonyl (C=O) groups is 1. The summed E-state index contributed by atoms with van der Waals surface area (Å²) in [6, 6.07) is 27.2. The molecule has 0 aliphatic rings. The van der Waals surface area contributed by atoms with E-state index in [2.05, 4.69) is 0 Å². The van der Waals surface area contributed by atoms with Gasteiger partial charge in [0.1, 0.15) is 5.75 Å². The Morgan fingerprint density at radius 3 is 1.72 bits per heavy atom. The van der Waals surface area contributed by atoms with Crippen molar-refractivity contribution < 1.29 is 9.53 Å². The van der Waals surface area contributed by atoms with E-state index < -0.39 is 0 Å². The molecule has 0 radical (unpaired) electrons. The smallest absolute Gasteiger partial charge is 0.308 e. The monoisotopic (exact) mass is 348 g/mol. The molecule has 124 valence electrons. The van der Waals surface area contributed by atoms with Crippen LogP contribution in [0.2, 0.25) is 0 Å². The minimum absolute atomic E-state index is 0.339. The van der Waals surface area contributed by atoms with E-state index >= 15 is 0 Å². The van der Waals surface area contributed by atoms with Gasteiger partial charge in [0.15, 0.2) is 0 Å². The molecule has 3 aromatic carbocycles. The van der Waals surface area contributed by atoms with Gasteiger partial charge in [-0.25, -0.2) is 0 Å². The standard InChI is InChI=1S/C22H17ClO2/c1-16(24)25-20-14-12-18(13-15-20)21(17-8-4-2-5-9-17)22(23)19-10-6-3-7-11-19/h2-15H,1H3/b22-21+. The number of esters is 1. The highest BCUT2D eigenvalue weighted by Gasteiger charge is 2.12. The van der Waals surface area contributed by atoms with Crippen LogP contribution in [0.1, 0.15) is 23.6 Å². The molecule has 0 amide bonds. The average Bonchev–Trinajstić information content (AvgIpc) is 2.64. The summed E-state index contributed by atoms with van der Waals surface area (Å²) in [4.78, 5) is 11.1. The lowest BCUT2D eigenvalue weighted by Crippen LogP contribution is -2.01. The Hall–Kier alpha value is -2.84. The number of hydrogen-bond donors (Lipinski definition) is 0. The fourth-order valence-corrected chi connectivity index (χ4v) is 2.95. The fraction of sp³-hybridized carbons (Fsp3) is 0.0455. The van der Waals surface area contributed by atoms with Gasteiger partial charge < -0.3 is 4.74 Å². The SMILES string of the molecule is CC(=O)Oc1ccc(/C(=C(/Cl)c2ccccc2)c2ccccc2)cc1. The highest BCUT2D eigenvalue weighted by molar-refractivity contribution is 6.53. The predicted octanol–water partition coefficient (Wildman–Crippen LogP) is 5.77. The van der Waals surface area contributed by atoms with E-state index in [0.29, 0.717) is 10.8 Å². The van der Waals surface area contributed by atoms with Gasteiger partial charge in [0.25, 0.3) is 0 Å². The van der Waals surface area contributed by atoms with Crippen molar-refractivity contribution in [3.05, 3.63) is 102 Å². The first-order chi connectivity index (χ1) is 12.1. The Morgan fingerprint density at radius 2 is 1.20 bits per heavy atom. The number of carbonyl (C=O) groups excluding carboxylic acids is 1. The van der Waals surface area contributed by atoms with Crippen LogP contribution in [0.25, 0.3) is 10.6 Å². The summed E-state index contributed by atoms with van der Waals surface area (Å²) in [7, 11) is 0. The second-order valence-corrected chi connectivity index (χ2v) is 5.92. The van der Waals surface area contributed by atoms with Crippen LogP contribution in [0.15, 0.2) is 84.9 Å². The first kappa shape index (κ1) is 17.0. The van der Waals surface area contributed by atoms with Crippen LogP contribution in [-0.2, 0) is 4.79 Å². The molecular formula is C22H17ClO2. The van der Waals surface area contributed by atoms with Gasteiger partial charge in [-0.05, 0) is 28.8 Å². The Bertz CT molecular complexity index is 882. The van der Waals surface area contributed by atoms with E-state index in [1.165, 1.54) is 6.92 Å². The van der Waals surface area contributed by atoms with Crippen molar-refractivity contribution in [2.75, 3.05) is 0 Å². The zero-order valence-corrected chi connectivity index (χ0v) is 14.5. The molecule has 0 saturated heterocycles. The maximum atomic E-state index is 11.1. The van der Waals surface area contributed by atoms with E-state index in [9.17, 15) is 4.79 Å². The Morgan fingerprint density at radius 1 is 0.720 bits per heavy atom. The van der Waals surface area contributed by atoms with Crippen LogP contribution >= 0.6 is 11.6 Å². The molecule has 0 unspecified atom stereocenters. The van der Waals surface area contributed by atoms with Gasteiger partial charge in [0, 0.05) is 12.5 Å². The molecule has 2 nitrogen and oxygen atoms in total. The minimum atomic E-state index is -0.339. The van der Waals surface area contributed by atoms with Gasteiger partial charge >= 0.3 is 5.97 Å². The molecular weight excluding hydrogens is 332 g/mol. The molecule has 3 aromatic rings. The molecule has 25 heavy (non-hydrogen) atoms. The van der Waals surface area contributed by atoms with Crippen molar-refractivity contribution in [1.29, 1.82) is 0 Å². The van der Waals surface area contributed by atoms with Crippen LogP contribution in [0.4, 0.5) is 0 Å². The highest BCUT2D eigenvalue weighted by Crippen LogP contribution is 2.35. The van der Waals surface area contributed by atoms with E-state index in [4.69, 9.17) is 16.3 Å². The lowest BCUT2D eigenvalue weighted by Gasteiger charge is -2.13. The number of ether oxygens (including phenoxy) is 1. The topological polar surface area (TPSA) is 26.3 Å². The van der Waals surface area contributed by atoms with Gasteiger partial charge in [0.05, 0.1) is 5.03 Å². The van der Waals surface area contributed by atoms with Gasteiger partial charge in [-0.3, -0.25) is 4.79 Å². The predicted molar refractivity (Wildman–Crippen MR) is 102 cm³/mol. The molecule has 0 atom stereocenters. The Labute approximate surface area is 152 Å². The first-order valence-corrected chi connectivity index (χ1v) is 8.32. The molecule has 0 aliphatic carbocycles. The molecule has 0 N–H and O–H groups in total. The lowest BCUT2D eigenvalue weighted by atomic mass is 9.95. The van der Waals surface area contributed by atoms with Crippen molar-refractivity contribution in [2.45, 2.75) is 6.92 Å². The molecule has 0 saturated carbocycles. The average molecular weight is 349 g/mol. The summed E-state index contributed by atoms with van der Waals surface area (Å²) in [5.41, 5.74) is 3.86. The molecule has 0 aromatic heterocycles. The summed E-state index contributed by atoms with van der Waals surface area (Å²) < 4.78 is 5.11. The summed E-state index contributed by atoms with van der Waals surface area (Å²) in [5, 5.41) is 0.673. The van der Waals surface area contributed by atoms with Crippen LogP contribution in [0, 0.1) is 0 Å². The maximum absolute atomic E-state index is 11.1. The van der Waals surface area contributed by atoms with Gasteiger partial charge in [0.2, 0.25) is 0 Å². The minimum Gasteiger partial charge on any atom is -0.427 e. The third-order valence-electron chi connectivity index (χ3n) is 3.71. The van der Waals surface area contributed by atoms with E-state index in [1.54, 1.807) is 12.1 Å². The fourth-order valence-electron chi connectivity index (χ4n) is 2.61. The number of halogens is 1. The van der Waals surface area contributed by atoms with Crippen LogP contribution in [-0.4, -0.2) is 5.97 Å². The normalized spacial score (nSPS) is 11.6. The quantitative estimate of drug-likeness (QED) is 0.340. The number of rotatable bonds is 4. The zero-order valence-electron chi connectivity index (χ0n) is 13.8. The number of benzene rings is 3. The highest BCUT2D eigenvalue weighted by atomic mass is 35.5. The van der Waals surface area contributed by atoms with Crippen molar-refractivity contribution in [2.24, 2.45) is 0 Å². The molecule has 0 bridgehead atoms. The first-order valence-electron chi connectivity index (χ1n) is 7.94. The second-order valence-electron chi connectivity index (χ2n) is 5.54. The molecule has 0 aliphatic heterocycles. The van der Waals surface area contributed by atoms with Crippen molar-refractivity contribution in [3.63, 3.8) is 0 Å². The molecule has 0 spiro atoms. The zero-order chi connectivity index (χ0) is 17.6. The molecule has 3 heteroatoms. The summed E-state index contributed by atoms with van der Waals surface area (Å²) >= 11 is 6.76. The summed E-state index contributed by atoms with van der Waals surface area (Å²) in [6.07, 6.45) is 0. The molecule has 0 fully saturated rings. The third kappa shape index (κ3) is 4.17. The molecule has 0 heterocycles. The van der Waals surface area contributed by atoms with Gasteiger partial charge in [-0.1, -0.05) is 84.4 Å². The second kappa shape index (κ2) is 7.82. The van der Waals surface area contributed by atoms with Crippen molar-refractivity contribution >= 4 is 28.2 Å². The van der Waals surface area contributed by atoms with Gasteiger partial charge in [-0.2, -0.15) is 0 Å². The van der Waals surface area contributed by atoms with E-state index in [1.807, 2.05) is 72.8 Å². The van der Waals surface area contributed by atoms with E-state index in [-0.39, 0.29) is 5.97 Å². The third-order valence-corrected chi connectivity index (χ3v) is 4.12. The van der Waals surface area contributed by atoms with Crippen molar-refractivity contribution in [1.82, 2.24) is 0 Å². The van der Waals surface area contributed by atoms with Gasteiger partial charge in [-0.15, -0.1) is 0 Å². The lowest BCUT2D eigenvalue weighted by molar-refractivity contribution is -0.131. The summed E-state index contributed by atoms with van der Waals surface area (Å²) in [5.74, 6) is 0.174. The Kier molecular flexibility index (Phi) is 5.32. The largest absolute Gasteiger partial charge is 0.427 e. The Balaban J connectivity index is 2.11. The number of hydrogen-bond acceptors (Lipinski definition) is 2. The van der Waals surface area contributed by atoms with Crippen LogP contribution in [0.3, 0.4) is 0 Å². The summed E-state index contributed by atoms with van der Waals surface area (Å²) in [6.45, 7) is 1.38.